The Morgan fingerprint density at radius 3 is 2.89 bits per heavy atom. The molecule has 2 fully saturated rings. The van der Waals surface area contributed by atoms with Gasteiger partial charge in [-0.25, -0.2) is 0 Å². The minimum Gasteiger partial charge on any atom is -0.379 e. The van der Waals surface area contributed by atoms with Gasteiger partial charge in [-0.2, -0.15) is 5.10 Å². The molecule has 2 aliphatic rings. The summed E-state index contributed by atoms with van der Waals surface area (Å²) in [5.41, 5.74) is 0. The fraction of sp³-hybridized carbons (Fsp3) is 0.667. The summed E-state index contributed by atoms with van der Waals surface area (Å²) in [5.74, 6) is 2.30. The summed E-state index contributed by atoms with van der Waals surface area (Å²) in [6.45, 7) is 6.00. The molecule has 0 N–H and O–H groups in total. The van der Waals surface area contributed by atoms with Crippen molar-refractivity contribution in [3.63, 3.8) is 0 Å². The van der Waals surface area contributed by atoms with Crippen LogP contribution in [0.4, 0.5) is 0 Å². The number of ether oxygens (including phenoxy) is 1. The molecular formula is C18H27N7O2. The van der Waals surface area contributed by atoms with Crippen molar-refractivity contribution >= 4 is 5.91 Å². The van der Waals surface area contributed by atoms with Crippen LogP contribution < -0.4 is 0 Å². The van der Waals surface area contributed by atoms with E-state index < -0.39 is 0 Å². The van der Waals surface area contributed by atoms with Crippen LogP contribution in [-0.2, 0) is 29.7 Å². The van der Waals surface area contributed by atoms with Crippen molar-refractivity contribution in [1.82, 2.24) is 34.3 Å². The number of carbonyl (C=O) groups excluding carboxylic acids is 1. The van der Waals surface area contributed by atoms with E-state index in [2.05, 4.69) is 24.8 Å². The molecule has 4 rings (SSSR count). The summed E-state index contributed by atoms with van der Waals surface area (Å²) < 4.78 is 9.20. The Balaban J connectivity index is 1.39. The summed E-state index contributed by atoms with van der Waals surface area (Å²) in [4.78, 5) is 16.9. The van der Waals surface area contributed by atoms with Crippen LogP contribution in [0.25, 0.3) is 0 Å². The fourth-order valence-corrected chi connectivity index (χ4v) is 3.87. The molecule has 0 radical (unpaired) electrons. The number of hydrogen-bond acceptors (Lipinski definition) is 6. The number of nitrogens with zero attached hydrogens (tertiary/aromatic N) is 7. The third-order valence-electron chi connectivity index (χ3n) is 5.46. The standard InChI is InChI=1S/C18H27N7O2/c1-22-16(13-23-8-10-27-11-9-23)20-21-18(22)15-4-2-6-24(12-15)17(26)14-25-7-3-5-19-25/h3,5,7,15H,2,4,6,8-14H2,1H3. The predicted molar refractivity (Wildman–Crippen MR) is 97.9 cm³/mol. The number of likely N-dealkylation sites (tertiary alicyclic amines) is 1. The van der Waals surface area contributed by atoms with Crippen molar-refractivity contribution in [3.8, 4) is 0 Å². The Labute approximate surface area is 158 Å². The predicted octanol–water partition coefficient (Wildman–Crippen LogP) is 0.250. The Kier molecular flexibility index (Phi) is 5.49. The number of morpholine rings is 1. The van der Waals surface area contributed by atoms with Gasteiger partial charge in [0.15, 0.2) is 0 Å². The SMILES string of the molecule is Cn1c(CN2CCOCC2)nnc1C1CCCN(C(=O)Cn2cccn2)C1. The number of aromatic nitrogens is 5. The van der Waals surface area contributed by atoms with E-state index in [0.29, 0.717) is 13.1 Å². The Morgan fingerprint density at radius 1 is 1.26 bits per heavy atom. The first-order chi connectivity index (χ1) is 13.2. The first kappa shape index (κ1) is 18.1. The summed E-state index contributed by atoms with van der Waals surface area (Å²) in [6.07, 6.45) is 5.54. The molecule has 0 bridgehead atoms. The Hall–Kier alpha value is -2.26. The molecule has 1 unspecified atom stereocenters. The van der Waals surface area contributed by atoms with Gasteiger partial charge >= 0.3 is 0 Å². The lowest BCUT2D eigenvalue weighted by Crippen LogP contribution is -2.41. The van der Waals surface area contributed by atoms with Gasteiger partial charge in [0.1, 0.15) is 18.2 Å². The van der Waals surface area contributed by atoms with E-state index in [1.165, 1.54) is 0 Å². The second kappa shape index (κ2) is 8.18. The van der Waals surface area contributed by atoms with E-state index in [9.17, 15) is 4.79 Å². The van der Waals surface area contributed by atoms with Crippen LogP contribution >= 0.6 is 0 Å². The van der Waals surface area contributed by atoms with Crippen LogP contribution in [0.15, 0.2) is 18.5 Å². The molecule has 2 aromatic rings. The molecule has 9 heteroatoms. The smallest absolute Gasteiger partial charge is 0.244 e. The maximum absolute atomic E-state index is 12.6. The van der Waals surface area contributed by atoms with E-state index in [0.717, 1.165) is 63.9 Å². The van der Waals surface area contributed by atoms with Crippen LogP contribution in [0, 0.1) is 0 Å². The second-order valence-corrected chi connectivity index (χ2v) is 7.30. The third kappa shape index (κ3) is 4.19. The minimum absolute atomic E-state index is 0.110. The molecule has 146 valence electrons. The highest BCUT2D eigenvalue weighted by molar-refractivity contribution is 5.76. The van der Waals surface area contributed by atoms with E-state index in [4.69, 9.17) is 4.74 Å². The van der Waals surface area contributed by atoms with E-state index in [1.54, 1.807) is 10.9 Å². The van der Waals surface area contributed by atoms with Crippen LogP contribution in [0.5, 0.6) is 0 Å². The van der Waals surface area contributed by atoms with Gasteiger partial charge in [-0.3, -0.25) is 14.4 Å². The molecule has 9 nitrogen and oxygen atoms in total. The molecule has 0 aliphatic carbocycles. The van der Waals surface area contributed by atoms with Crippen molar-refractivity contribution in [2.75, 3.05) is 39.4 Å². The number of carbonyl (C=O) groups is 1. The normalized spacial score (nSPS) is 21.5. The zero-order chi connectivity index (χ0) is 18.6. The number of piperidine rings is 1. The average molecular weight is 373 g/mol. The maximum atomic E-state index is 12.6. The van der Waals surface area contributed by atoms with Crippen molar-refractivity contribution < 1.29 is 9.53 Å². The summed E-state index contributed by atoms with van der Waals surface area (Å²) >= 11 is 0. The fourth-order valence-electron chi connectivity index (χ4n) is 3.87. The van der Waals surface area contributed by atoms with Gasteiger partial charge in [0, 0.05) is 51.5 Å². The van der Waals surface area contributed by atoms with Crippen molar-refractivity contribution in [2.45, 2.75) is 31.8 Å². The third-order valence-corrected chi connectivity index (χ3v) is 5.46. The molecule has 1 amide bonds. The van der Waals surface area contributed by atoms with Gasteiger partial charge in [0.05, 0.1) is 19.8 Å². The quantitative estimate of drug-likeness (QED) is 0.747. The minimum atomic E-state index is 0.110. The second-order valence-electron chi connectivity index (χ2n) is 7.30. The van der Waals surface area contributed by atoms with Crippen LogP contribution in [-0.4, -0.2) is 79.6 Å². The maximum Gasteiger partial charge on any atom is 0.244 e. The van der Waals surface area contributed by atoms with Crippen molar-refractivity contribution in [2.24, 2.45) is 7.05 Å². The lowest BCUT2D eigenvalue weighted by Gasteiger charge is -2.32. The van der Waals surface area contributed by atoms with E-state index in [-0.39, 0.29) is 11.8 Å². The van der Waals surface area contributed by atoms with Crippen LogP contribution in [0.1, 0.15) is 30.4 Å². The molecule has 2 saturated heterocycles. The van der Waals surface area contributed by atoms with Crippen LogP contribution in [0.3, 0.4) is 0 Å². The molecule has 1 atom stereocenters. The molecule has 2 aliphatic heterocycles. The zero-order valence-electron chi connectivity index (χ0n) is 15.8. The summed E-state index contributed by atoms with van der Waals surface area (Å²) in [6, 6.07) is 1.84. The van der Waals surface area contributed by atoms with Gasteiger partial charge in [-0.15, -0.1) is 10.2 Å². The number of rotatable bonds is 5. The first-order valence-corrected chi connectivity index (χ1v) is 9.64. The number of hydrogen-bond donors (Lipinski definition) is 0. The Morgan fingerprint density at radius 2 is 2.11 bits per heavy atom. The highest BCUT2D eigenvalue weighted by Crippen LogP contribution is 2.26. The highest BCUT2D eigenvalue weighted by atomic mass is 16.5. The van der Waals surface area contributed by atoms with Gasteiger partial charge in [-0.05, 0) is 18.9 Å². The van der Waals surface area contributed by atoms with Gasteiger partial charge in [0.25, 0.3) is 0 Å². The molecule has 0 saturated carbocycles. The zero-order valence-corrected chi connectivity index (χ0v) is 15.8. The topological polar surface area (TPSA) is 81.3 Å². The number of amides is 1. The van der Waals surface area contributed by atoms with Crippen molar-refractivity contribution in [1.29, 1.82) is 0 Å². The Bertz CT molecular complexity index is 752. The molecular weight excluding hydrogens is 346 g/mol. The van der Waals surface area contributed by atoms with Gasteiger partial charge in [-0.1, -0.05) is 0 Å². The molecule has 0 spiro atoms. The average Bonchev–Trinajstić information content (AvgIpc) is 3.33. The summed E-state index contributed by atoms with van der Waals surface area (Å²) in [7, 11) is 2.04. The molecule has 4 heterocycles. The largest absolute Gasteiger partial charge is 0.379 e. The van der Waals surface area contributed by atoms with Crippen LogP contribution in [0.2, 0.25) is 0 Å². The highest BCUT2D eigenvalue weighted by Gasteiger charge is 2.28. The lowest BCUT2D eigenvalue weighted by atomic mass is 9.97. The van der Waals surface area contributed by atoms with Gasteiger partial charge < -0.3 is 14.2 Å². The van der Waals surface area contributed by atoms with Crippen molar-refractivity contribution in [3.05, 3.63) is 30.1 Å². The molecule has 0 aromatic carbocycles. The molecule has 27 heavy (non-hydrogen) atoms. The van der Waals surface area contributed by atoms with E-state index >= 15 is 0 Å². The monoisotopic (exact) mass is 373 g/mol. The first-order valence-electron chi connectivity index (χ1n) is 9.64. The van der Waals surface area contributed by atoms with Gasteiger partial charge in [0.2, 0.25) is 5.91 Å². The lowest BCUT2D eigenvalue weighted by molar-refractivity contribution is -0.133. The summed E-state index contributed by atoms with van der Waals surface area (Å²) in [5, 5.41) is 13.0. The molecule has 2 aromatic heterocycles. The van der Waals surface area contributed by atoms with E-state index in [1.807, 2.05) is 24.2 Å².